The number of nitrogens with one attached hydrogen (secondary N) is 2. The van der Waals surface area contributed by atoms with Crippen LogP contribution in [0.15, 0.2) is 30.3 Å². The van der Waals surface area contributed by atoms with Crippen molar-refractivity contribution in [2.24, 2.45) is 5.92 Å². The van der Waals surface area contributed by atoms with Gasteiger partial charge in [-0.1, -0.05) is 30.3 Å². The maximum absolute atomic E-state index is 12.3. The lowest BCUT2D eigenvalue weighted by Gasteiger charge is -2.13. The van der Waals surface area contributed by atoms with Crippen LogP contribution in [0.1, 0.15) is 5.56 Å². The zero-order valence-corrected chi connectivity index (χ0v) is 10.6. The number of nitrogens with zero attached hydrogens (tertiary/aromatic N) is 1. The molecule has 0 aromatic heterocycles. The maximum Gasteiger partial charge on any atom is 0.405 e. The summed E-state index contributed by atoms with van der Waals surface area (Å²) in [5, 5.41) is 13.3. The molecule has 20 heavy (non-hydrogen) atoms. The first-order valence-corrected chi connectivity index (χ1v) is 5.91. The molecule has 0 radical (unpaired) electrons. The molecule has 1 rings (SSSR count). The van der Waals surface area contributed by atoms with Crippen molar-refractivity contribution in [2.75, 3.05) is 13.1 Å². The van der Waals surface area contributed by atoms with Gasteiger partial charge in [0.2, 0.25) is 5.91 Å². The van der Waals surface area contributed by atoms with Crippen LogP contribution in [0.4, 0.5) is 13.2 Å². The van der Waals surface area contributed by atoms with E-state index in [4.69, 9.17) is 5.26 Å². The molecule has 0 spiro atoms. The smallest absolute Gasteiger partial charge is 0.351 e. The molecule has 1 aromatic rings. The minimum absolute atomic E-state index is 0.263. The Bertz CT molecular complexity index is 468. The molecule has 4 nitrogen and oxygen atoms in total. The van der Waals surface area contributed by atoms with Gasteiger partial charge in [-0.2, -0.15) is 18.4 Å². The quantitative estimate of drug-likeness (QED) is 0.834. The lowest BCUT2D eigenvalue weighted by molar-refractivity contribution is -0.158. The van der Waals surface area contributed by atoms with Crippen LogP contribution in [0.3, 0.4) is 0 Å². The summed E-state index contributed by atoms with van der Waals surface area (Å²) < 4.78 is 36.8. The molecule has 1 aromatic carbocycles. The Morgan fingerprint density at radius 3 is 2.50 bits per heavy atom. The fourth-order valence-corrected chi connectivity index (χ4v) is 1.42. The maximum atomic E-state index is 12.3. The van der Waals surface area contributed by atoms with Crippen molar-refractivity contribution in [3.63, 3.8) is 0 Å². The van der Waals surface area contributed by atoms with E-state index in [1.807, 2.05) is 30.3 Å². The van der Waals surface area contributed by atoms with Gasteiger partial charge in [0.1, 0.15) is 0 Å². The average molecular weight is 285 g/mol. The van der Waals surface area contributed by atoms with Crippen LogP contribution >= 0.6 is 0 Å². The van der Waals surface area contributed by atoms with E-state index in [0.29, 0.717) is 6.54 Å². The standard InChI is InChI=1S/C13H14F3N3O/c14-13(15,16)11(6-17)8-18-9-12(20)19-7-10-4-2-1-3-5-10/h1-5,11,18H,7-9H2,(H,19,20). The Hall–Kier alpha value is -2.07. The predicted octanol–water partition coefficient (Wildman–Crippen LogP) is 1.59. The summed E-state index contributed by atoms with van der Waals surface area (Å²) in [5.74, 6) is -2.53. The van der Waals surface area contributed by atoms with E-state index >= 15 is 0 Å². The Kier molecular flexibility index (Phi) is 6.00. The highest BCUT2D eigenvalue weighted by Gasteiger charge is 2.39. The van der Waals surface area contributed by atoms with Crippen LogP contribution in [0.5, 0.6) is 0 Å². The predicted molar refractivity (Wildman–Crippen MR) is 66.3 cm³/mol. The van der Waals surface area contributed by atoms with E-state index in [2.05, 4.69) is 10.6 Å². The van der Waals surface area contributed by atoms with Gasteiger partial charge in [0.15, 0.2) is 5.92 Å². The number of hydrogen-bond acceptors (Lipinski definition) is 3. The van der Waals surface area contributed by atoms with Gasteiger partial charge in [-0.15, -0.1) is 0 Å². The Balaban J connectivity index is 2.26. The van der Waals surface area contributed by atoms with Gasteiger partial charge in [-0.05, 0) is 5.56 Å². The monoisotopic (exact) mass is 285 g/mol. The number of alkyl halides is 3. The minimum atomic E-state index is -4.58. The average Bonchev–Trinajstić information content (AvgIpc) is 2.41. The molecular formula is C13H14F3N3O. The van der Waals surface area contributed by atoms with Gasteiger partial charge >= 0.3 is 6.18 Å². The van der Waals surface area contributed by atoms with Crippen LogP contribution in [0.2, 0.25) is 0 Å². The molecular weight excluding hydrogens is 271 g/mol. The van der Waals surface area contributed by atoms with Crippen LogP contribution in [0.25, 0.3) is 0 Å². The molecule has 1 unspecified atom stereocenters. The molecule has 0 heterocycles. The van der Waals surface area contributed by atoms with Gasteiger partial charge in [-0.25, -0.2) is 0 Å². The largest absolute Gasteiger partial charge is 0.405 e. The van der Waals surface area contributed by atoms with Gasteiger partial charge < -0.3 is 10.6 Å². The highest BCUT2D eigenvalue weighted by atomic mass is 19.4. The summed E-state index contributed by atoms with van der Waals surface area (Å²) in [6, 6.07) is 10.3. The lowest BCUT2D eigenvalue weighted by atomic mass is 10.1. The van der Waals surface area contributed by atoms with E-state index < -0.39 is 24.5 Å². The fraction of sp³-hybridized carbons (Fsp3) is 0.385. The van der Waals surface area contributed by atoms with Gasteiger partial charge in [0.05, 0.1) is 12.6 Å². The second kappa shape index (κ2) is 7.50. The number of rotatable bonds is 6. The fourth-order valence-electron chi connectivity index (χ4n) is 1.42. The molecule has 0 aliphatic rings. The number of hydrogen-bond donors (Lipinski definition) is 2. The first-order valence-electron chi connectivity index (χ1n) is 5.91. The van der Waals surface area contributed by atoms with Crippen molar-refractivity contribution in [1.82, 2.24) is 10.6 Å². The summed E-state index contributed by atoms with van der Waals surface area (Å²) in [7, 11) is 0. The van der Waals surface area contributed by atoms with Gasteiger partial charge in [-0.3, -0.25) is 4.79 Å². The highest BCUT2D eigenvalue weighted by molar-refractivity contribution is 5.77. The molecule has 2 N–H and O–H groups in total. The third-order valence-corrected chi connectivity index (χ3v) is 2.52. The highest BCUT2D eigenvalue weighted by Crippen LogP contribution is 2.24. The van der Waals surface area contributed by atoms with Crippen LogP contribution in [-0.2, 0) is 11.3 Å². The number of amides is 1. The second-order valence-corrected chi connectivity index (χ2v) is 4.12. The summed E-state index contributed by atoms with van der Waals surface area (Å²) >= 11 is 0. The zero-order valence-electron chi connectivity index (χ0n) is 10.6. The second-order valence-electron chi connectivity index (χ2n) is 4.12. The summed E-state index contributed by atoms with van der Waals surface area (Å²) in [5.41, 5.74) is 0.894. The van der Waals surface area contributed by atoms with Crippen LogP contribution in [-0.4, -0.2) is 25.2 Å². The molecule has 0 aliphatic carbocycles. The first-order chi connectivity index (χ1) is 9.43. The Morgan fingerprint density at radius 1 is 1.30 bits per heavy atom. The normalized spacial score (nSPS) is 12.5. The third-order valence-electron chi connectivity index (χ3n) is 2.52. The molecule has 0 aliphatic heterocycles. The van der Waals surface area contributed by atoms with Crippen LogP contribution in [0, 0.1) is 17.2 Å². The first kappa shape index (κ1) is 16.0. The molecule has 0 saturated carbocycles. The van der Waals surface area contributed by atoms with E-state index in [-0.39, 0.29) is 6.54 Å². The molecule has 0 bridgehead atoms. The van der Waals surface area contributed by atoms with Crippen molar-refractivity contribution < 1.29 is 18.0 Å². The summed E-state index contributed by atoms with van der Waals surface area (Å²) in [6.07, 6.45) is -4.58. The molecule has 7 heteroatoms. The van der Waals surface area contributed by atoms with Crippen molar-refractivity contribution in [1.29, 1.82) is 5.26 Å². The minimum Gasteiger partial charge on any atom is -0.351 e. The Morgan fingerprint density at radius 2 is 1.95 bits per heavy atom. The van der Waals surface area contributed by atoms with E-state index in [1.165, 1.54) is 0 Å². The van der Waals surface area contributed by atoms with Gasteiger partial charge in [0, 0.05) is 13.1 Å². The lowest BCUT2D eigenvalue weighted by Crippen LogP contribution is -2.38. The van der Waals surface area contributed by atoms with E-state index in [0.717, 1.165) is 11.6 Å². The number of benzene rings is 1. The molecule has 1 atom stereocenters. The number of halogens is 3. The Labute approximate surface area is 114 Å². The van der Waals surface area contributed by atoms with Gasteiger partial charge in [0.25, 0.3) is 0 Å². The SMILES string of the molecule is N#CC(CNCC(=O)NCc1ccccc1)C(F)(F)F. The number of carbonyl (C=O) groups excluding carboxylic acids is 1. The van der Waals surface area contributed by atoms with Crippen molar-refractivity contribution in [2.45, 2.75) is 12.7 Å². The van der Waals surface area contributed by atoms with E-state index in [9.17, 15) is 18.0 Å². The van der Waals surface area contributed by atoms with Crippen molar-refractivity contribution in [3.05, 3.63) is 35.9 Å². The van der Waals surface area contributed by atoms with Crippen molar-refractivity contribution >= 4 is 5.91 Å². The third kappa shape index (κ3) is 5.71. The summed E-state index contributed by atoms with van der Waals surface area (Å²) in [6.45, 7) is -0.553. The molecule has 0 fully saturated rings. The van der Waals surface area contributed by atoms with Crippen LogP contribution < -0.4 is 10.6 Å². The van der Waals surface area contributed by atoms with E-state index in [1.54, 1.807) is 0 Å². The topological polar surface area (TPSA) is 64.9 Å². The molecule has 1 amide bonds. The molecule has 0 saturated heterocycles. The van der Waals surface area contributed by atoms with Crippen molar-refractivity contribution in [3.8, 4) is 6.07 Å². The zero-order chi connectivity index (χ0) is 15.0. The summed E-state index contributed by atoms with van der Waals surface area (Å²) in [4.78, 5) is 11.4. The number of nitriles is 1. The molecule has 108 valence electrons. The number of carbonyl (C=O) groups is 1.